The molecular weight excluding hydrogens is 332 g/mol. The second-order valence-corrected chi connectivity index (χ2v) is 5.27. The number of carbonyl (C=O) groups is 5. The van der Waals surface area contributed by atoms with E-state index >= 15 is 0 Å². The van der Waals surface area contributed by atoms with E-state index in [2.05, 4.69) is 15.9 Å². The normalized spacial score (nSPS) is 9.80. The van der Waals surface area contributed by atoms with Crippen LogP contribution in [0.25, 0.3) is 0 Å². The molecule has 0 unspecified atom stereocenters. The van der Waals surface area contributed by atoms with E-state index in [1.54, 1.807) is 0 Å². The fourth-order valence-corrected chi connectivity index (χ4v) is 1.13. The van der Waals surface area contributed by atoms with Crippen molar-refractivity contribution in [2.45, 2.75) is 44.4 Å². The van der Waals surface area contributed by atoms with Crippen LogP contribution in [-0.2, 0) is 19.2 Å². The van der Waals surface area contributed by atoms with Crippen LogP contribution in [0.5, 0.6) is 0 Å². The van der Waals surface area contributed by atoms with Crippen LogP contribution in [0, 0.1) is 0 Å². The van der Waals surface area contributed by atoms with Gasteiger partial charge in [-0.25, -0.2) is 4.79 Å². The summed E-state index contributed by atoms with van der Waals surface area (Å²) in [5, 5.41) is 2.04. The molecule has 0 aromatic rings. The molecule has 0 aliphatic heterocycles. The molecule has 20 heavy (non-hydrogen) atoms. The number of amides is 3. The Morgan fingerprint density at radius 2 is 1.60 bits per heavy atom. The molecule has 0 rings (SSSR count). The fraction of sp³-hybridized carbons (Fsp3) is 0.583. The molecule has 0 radical (unpaired) electrons. The van der Waals surface area contributed by atoms with Gasteiger partial charge in [-0.3, -0.25) is 24.5 Å². The highest BCUT2D eigenvalue weighted by Crippen LogP contribution is 2.26. The predicted octanol–water partition coefficient (Wildman–Crippen LogP) is 0.869. The van der Waals surface area contributed by atoms with Crippen LogP contribution >= 0.6 is 15.9 Å². The van der Waals surface area contributed by atoms with Crippen molar-refractivity contribution < 1.29 is 24.0 Å². The van der Waals surface area contributed by atoms with Crippen LogP contribution in [-0.4, -0.2) is 34.1 Å². The number of carbonyl (C=O) groups excluding carboxylic acids is 5. The number of Topliss-reactive ketones (excluding diaryl/α,β-unsaturated/α-hetero) is 2. The van der Waals surface area contributed by atoms with E-state index in [1.165, 1.54) is 6.92 Å². The van der Waals surface area contributed by atoms with Gasteiger partial charge < -0.3 is 5.73 Å². The minimum Gasteiger partial charge on any atom is -0.351 e. The molecule has 3 N–H and O–H groups in total. The zero-order valence-corrected chi connectivity index (χ0v) is 13.3. The summed E-state index contributed by atoms with van der Waals surface area (Å²) in [5.41, 5.74) is 4.81. The van der Waals surface area contributed by atoms with Gasteiger partial charge >= 0.3 is 6.03 Å². The first-order valence-electron chi connectivity index (χ1n) is 6.00. The summed E-state index contributed by atoms with van der Waals surface area (Å²) in [6, 6.07) is -0.814. The van der Waals surface area contributed by atoms with Crippen LogP contribution in [0.2, 0.25) is 0 Å². The van der Waals surface area contributed by atoms with Gasteiger partial charge in [-0.2, -0.15) is 0 Å². The van der Waals surface area contributed by atoms with Crippen LogP contribution in [0.3, 0.4) is 0 Å². The van der Waals surface area contributed by atoms with Crippen molar-refractivity contribution in [1.82, 2.24) is 5.32 Å². The highest BCUT2D eigenvalue weighted by molar-refractivity contribution is 9.10. The average molecular weight is 351 g/mol. The number of urea groups is 1. The third-order valence-electron chi connectivity index (χ3n) is 2.47. The number of aldehydes is 1. The maximum absolute atomic E-state index is 11.3. The molecule has 114 valence electrons. The highest BCUT2D eigenvalue weighted by Gasteiger charge is 2.32. The first kappa shape index (κ1) is 20.7. The standard InChI is InChI=1S/C7H13BrN2O2.C5H6O3/c1-3-7(8,4-2)5(11)10-6(9)12;1-2-4(7)5(8)3-6/h3-4H2,1-2H3,(H3,9,10,11,12);3H,2H2,1H3. The lowest BCUT2D eigenvalue weighted by Gasteiger charge is -2.21. The summed E-state index contributed by atoms with van der Waals surface area (Å²) in [7, 11) is 0. The minimum atomic E-state index is -0.937. The van der Waals surface area contributed by atoms with Crippen molar-refractivity contribution in [3.8, 4) is 0 Å². The molecule has 0 spiro atoms. The summed E-state index contributed by atoms with van der Waals surface area (Å²) in [5.74, 6) is -1.94. The highest BCUT2D eigenvalue weighted by atomic mass is 79.9. The molecular formula is C12H19BrN2O5. The quantitative estimate of drug-likeness (QED) is 0.318. The van der Waals surface area contributed by atoms with Crippen molar-refractivity contribution in [3.05, 3.63) is 0 Å². The molecule has 0 saturated heterocycles. The lowest BCUT2D eigenvalue weighted by molar-refractivity contribution is -0.139. The second-order valence-electron chi connectivity index (χ2n) is 3.75. The fourth-order valence-electron chi connectivity index (χ4n) is 1.03. The topological polar surface area (TPSA) is 123 Å². The molecule has 0 aliphatic rings. The summed E-state index contributed by atoms with van der Waals surface area (Å²) in [6.45, 7) is 5.25. The number of hydrogen-bond acceptors (Lipinski definition) is 5. The van der Waals surface area contributed by atoms with Gasteiger partial charge in [0.2, 0.25) is 11.7 Å². The van der Waals surface area contributed by atoms with Gasteiger partial charge in [0.1, 0.15) is 4.32 Å². The van der Waals surface area contributed by atoms with Gasteiger partial charge in [0.25, 0.3) is 5.78 Å². The summed E-state index contributed by atoms with van der Waals surface area (Å²) < 4.78 is -0.665. The van der Waals surface area contributed by atoms with Crippen LogP contribution in [0.4, 0.5) is 4.79 Å². The third-order valence-corrected chi connectivity index (χ3v) is 3.95. The number of alkyl halides is 1. The van der Waals surface area contributed by atoms with Gasteiger partial charge in [0.15, 0.2) is 6.29 Å². The molecule has 8 heteroatoms. The van der Waals surface area contributed by atoms with Gasteiger partial charge in [0.05, 0.1) is 0 Å². The van der Waals surface area contributed by atoms with Gasteiger partial charge in [-0.15, -0.1) is 0 Å². The number of ketones is 2. The molecule has 7 nitrogen and oxygen atoms in total. The SMILES string of the molecule is CCC(=O)C(=O)C=O.CCC(Br)(CC)C(=O)NC(N)=O. The molecule has 0 atom stereocenters. The first-order valence-corrected chi connectivity index (χ1v) is 6.79. The Hall–Kier alpha value is -1.57. The Bertz CT molecular complexity index is 391. The average Bonchev–Trinajstić information content (AvgIpc) is 2.44. The number of hydrogen-bond donors (Lipinski definition) is 2. The van der Waals surface area contributed by atoms with E-state index in [0.717, 1.165) is 0 Å². The maximum atomic E-state index is 11.3. The van der Waals surface area contributed by atoms with Gasteiger partial charge in [-0.05, 0) is 12.8 Å². The van der Waals surface area contributed by atoms with E-state index in [1.807, 2.05) is 19.2 Å². The Labute approximate surface area is 125 Å². The molecule has 0 heterocycles. The third kappa shape index (κ3) is 7.78. The molecule has 0 aromatic carbocycles. The monoisotopic (exact) mass is 350 g/mol. The van der Waals surface area contributed by atoms with Crippen molar-refractivity contribution >= 4 is 45.7 Å². The van der Waals surface area contributed by atoms with E-state index in [0.29, 0.717) is 12.8 Å². The minimum absolute atomic E-state index is 0.0336. The zero-order chi connectivity index (χ0) is 16.3. The van der Waals surface area contributed by atoms with Crippen molar-refractivity contribution in [2.24, 2.45) is 5.73 Å². The van der Waals surface area contributed by atoms with Crippen molar-refractivity contribution in [3.63, 3.8) is 0 Å². The molecule has 0 bridgehead atoms. The van der Waals surface area contributed by atoms with E-state index in [9.17, 15) is 24.0 Å². The largest absolute Gasteiger partial charge is 0.351 e. The Morgan fingerprint density at radius 3 is 1.80 bits per heavy atom. The lowest BCUT2D eigenvalue weighted by Crippen LogP contribution is -2.46. The molecule has 3 amide bonds. The summed E-state index contributed by atoms with van der Waals surface area (Å²) >= 11 is 3.26. The summed E-state index contributed by atoms with van der Waals surface area (Å²) in [4.78, 5) is 51.4. The van der Waals surface area contributed by atoms with Gasteiger partial charge in [-0.1, -0.05) is 36.7 Å². The van der Waals surface area contributed by atoms with Crippen molar-refractivity contribution in [2.75, 3.05) is 0 Å². The summed E-state index contributed by atoms with van der Waals surface area (Å²) in [6.07, 6.45) is 1.37. The number of rotatable bonds is 6. The second kappa shape index (κ2) is 10.2. The van der Waals surface area contributed by atoms with Crippen LogP contribution in [0.15, 0.2) is 0 Å². The van der Waals surface area contributed by atoms with E-state index < -0.39 is 21.9 Å². The molecule has 0 fully saturated rings. The van der Waals surface area contributed by atoms with Crippen LogP contribution in [0.1, 0.15) is 40.0 Å². The van der Waals surface area contributed by atoms with E-state index in [4.69, 9.17) is 5.73 Å². The number of halogens is 1. The molecule has 0 saturated carbocycles. The predicted molar refractivity (Wildman–Crippen MR) is 76.3 cm³/mol. The maximum Gasteiger partial charge on any atom is 0.318 e. The Balaban J connectivity index is 0. The van der Waals surface area contributed by atoms with Crippen molar-refractivity contribution in [1.29, 1.82) is 0 Å². The lowest BCUT2D eigenvalue weighted by atomic mass is 10.0. The zero-order valence-electron chi connectivity index (χ0n) is 11.7. The smallest absolute Gasteiger partial charge is 0.318 e. The van der Waals surface area contributed by atoms with E-state index in [-0.39, 0.29) is 18.6 Å². The number of nitrogens with two attached hydrogens (primary N) is 1. The first-order chi connectivity index (χ1) is 9.18. The van der Waals surface area contributed by atoms with Crippen LogP contribution < -0.4 is 11.1 Å². The molecule has 0 aliphatic carbocycles. The number of nitrogens with one attached hydrogen (secondary N) is 1. The Kier molecular flexibility index (Phi) is 10.6. The number of imide groups is 1. The number of primary amides is 1. The molecule has 0 aromatic heterocycles. The Morgan fingerprint density at radius 1 is 1.15 bits per heavy atom. The van der Waals surface area contributed by atoms with Gasteiger partial charge in [0, 0.05) is 6.42 Å².